The third-order valence-corrected chi connectivity index (χ3v) is 6.53. The molecule has 0 unspecified atom stereocenters. The number of aromatic nitrogens is 4. The summed E-state index contributed by atoms with van der Waals surface area (Å²) in [4.78, 5) is 31.7. The number of anilines is 3. The van der Waals surface area contributed by atoms with Gasteiger partial charge in [0.25, 0.3) is 5.91 Å². The molecule has 12 heteroatoms. The van der Waals surface area contributed by atoms with E-state index in [1.54, 1.807) is 42.9 Å². The van der Waals surface area contributed by atoms with Gasteiger partial charge in [-0.2, -0.15) is 13.2 Å². The van der Waals surface area contributed by atoms with Crippen LogP contribution in [0.1, 0.15) is 27.0 Å². The molecule has 2 aromatic heterocycles. The number of carbonyl (C=O) groups is 1. The second-order valence-corrected chi connectivity index (χ2v) is 9.40. The molecule has 4 aromatic rings. The van der Waals surface area contributed by atoms with Gasteiger partial charge in [-0.25, -0.2) is 19.9 Å². The molecule has 3 N–H and O–H groups in total. The lowest BCUT2D eigenvalue weighted by molar-refractivity contribution is -0.138. The van der Waals surface area contributed by atoms with Crippen LogP contribution in [0, 0.1) is 6.92 Å². The molecular formula is C28H27F3N8O. The van der Waals surface area contributed by atoms with Crippen LogP contribution < -0.4 is 16.0 Å². The predicted molar refractivity (Wildman–Crippen MR) is 145 cm³/mol. The minimum Gasteiger partial charge on any atom is -0.324 e. The highest BCUT2D eigenvalue weighted by Gasteiger charge is 2.34. The zero-order valence-corrected chi connectivity index (χ0v) is 21.7. The molecule has 1 aliphatic heterocycles. The monoisotopic (exact) mass is 548 g/mol. The number of halogens is 3. The third kappa shape index (κ3) is 6.58. The van der Waals surface area contributed by atoms with E-state index in [0.717, 1.165) is 30.3 Å². The zero-order chi connectivity index (χ0) is 28.1. The normalized spacial score (nSPS) is 14.1. The summed E-state index contributed by atoms with van der Waals surface area (Å²) in [6.45, 7) is 4.84. The van der Waals surface area contributed by atoms with Crippen molar-refractivity contribution in [1.82, 2.24) is 30.2 Å². The fourth-order valence-corrected chi connectivity index (χ4v) is 4.40. The maximum atomic E-state index is 13.9. The molecule has 1 aliphatic rings. The number of rotatable bonds is 7. The van der Waals surface area contributed by atoms with E-state index in [1.807, 2.05) is 11.8 Å². The van der Waals surface area contributed by atoms with Gasteiger partial charge in [0.2, 0.25) is 5.95 Å². The molecule has 0 spiro atoms. The summed E-state index contributed by atoms with van der Waals surface area (Å²) in [5, 5.41) is 9.03. The highest BCUT2D eigenvalue weighted by Crippen LogP contribution is 2.34. The summed E-state index contributed by atoms with van der Waals surface area (Å²) in [7, 11) is 0. The lowest BCUT2D eigenvalue weighted by Crippen LogP contribution is -2.43. The van der Waals surface area contributed by atoms with Gasteiger partial charge in [-0.05, 0) is 48.4 Å². The van der Waals surface area contributed by atoms with Crippen molar-refractivity contribution in [2.45, 2.75) is 19.6 Å². The predicted octanol–water partition coefficient (Wildman–Crippen LogP) is 4.66. The van der Waals surface area contributed by atoms with Gasteiger partial charge in [0.05, 0.1) is 11.3 Å². The minimum absolute atomic E-state index is 0.0763. The van der Waals surface area contributed by atoms with Gasteiger partial charge >= 0.3 is 6.18 Å². The average molecular weight is 549 g/mol. The van der Waals surface area contributed by atoms with Crippen molar-refractivity contribution in [3.05, 3.63) is 89.6 Å². The highest BCUT2D eigenvalue weighted by molar-refractivity contribution is 6.04. The van der Waals surface area contributed by atoms with E-state index >= 15 is 0 Å². The lowest BCUT2D eigenvalue weighted by atomic mass is 10.0. The number of piperazine rings is 1. The number of carbonyl (C=O) groups excluding carboxylic acids is 1. The second kappa shape index (κ2) is 11.8. The van der Waals surface area contributed by atoms with Gasteiger partial charge in [-0.1, -0.05) is 12.1 Å². The van der Waals surface area contributed by atoms with E-state index in [9.17, 15) is 18.0 Å². The molecule has 2 aromatic carbocycles. The molecule has 9 nitrogen and oxygen atoms in total. The Balaban J connectivity index is 1.33. The number of alkyl halides is 3. The van der Waals surface area contributed by atoms with Crippen molar-refractivity contribution in [3.8, 4) is 11.3 Å². The first-order chi connectivity index (χ1) is 19.3. The molecule has 0 aliphatic carbocycles. The Hall–Kier alpha value is -4.42. The highest BCUT2D eigenvalue weighted by atomic mass is 19.4. The van der Waals surface area contributed by atoms with Crippen molar-refractivity contribution in [2.75, 3.05) is 36.8 Å². The number of nitrogens with zero attached hydrogens (tertiary/aromatic N) is 5. The van der Waals surface area contributed by atoms with Crippen LogP contribution in [-0.4, -0.2) is 56.9 Å². The molecule has 0 saturated carbocycles. The third-order valence-electron chi connectivity index (χ3n) is 6.53. The van der Waals surface area contributed by atoms with Crippen LogP contribution in [0.15, 0.2) is 67.4 Å². The van der Waals surface area contributed by atoms with E-state index in [0.29, 0.717) is 36.1 Å². The Morgan fingerprint density at radius 1 is 1.05 bits per heavy atom. The van der Waals surface area contributed by atoms with E-state index in [2.05, 4.69) is 35.9 Å². The Morgan fingerprint density at radius 2 is 1.82 bits per heavy atom. The molecule has 3 heterocycles. The van der Waals surface area contributed by atoms with Crippen LogP contribution in [0.3, 0.4) is 0 Å². The van der Waals surface area contributed by atoms with E-state index < -0.39 is 17.6 Å². The Morgan fingerprint density at radius 3 is 2.58 bits per heavy atom. The molecule has 1 fully saturated rings. The van der Waals surface area contributed by atoms with Crippen LogP contribution in [0.5, 0.6) is 0 Å². The number of aryl methyl sites for hydroxylation is 1. The largest absolute Gasteiger partial charge is 0.416 e. The number of benzene rings is 2. The van der Waals surface area contributed by atoms with Crippen molar-refractivity contribution >= 4 is 23.2 Å². The number of hydrogen-bond donors (Lipinski definition) is 3. The van der Waals surface area contributed by atoms with Gasteiger partial charge in [-0.3, -0.25) is 9.69 Å². The van der Waals surface area contributed by atoms with Crippen LogP contribution in [0.2, 0.25) is 0 Å². The number of hydrogen-bond acceptors (Lipinski definition) is 8. The summed E-state index contributed by atoms with van der Waals surface area (Å²) in [5.41, 5.74) is 2.51. The van der Waals surface area contributed by atoms with E-state index in [4.69, 9.17) is 0 Å². The van der Waals surface area contributed by atoms with Gasteiger partial charge < -0.3 is 16.0 Å². The first-order valence-electron chi connectivity index (χ1n) is 12.7. The SMILES string of the molecule is Cc1ccc(NC(=O)c2ccc(CN3CCNCC3)c(C(F)(F)F)c2)cc1Nc1nccc(-c2cncnc2)n1. The Bertz CT molecular complexity index is 1490. The van der Waals surface area contributed by atoms with Gasteiger partial charge in [0.15, 0.2) is 0 Å². The van der Waals surface area contributed by atoms with Crippen LogP contribution in [-0.2, 0) is 12.7 Å². The molecule has 0 atom stereocenters. The molecule has 1 saturated heterocycles. The van der Waals surface area contributed by atoms with Gasteiger partial charge in [0, 0.05) is 73.8 Å². The summed E-state index contributed by atoms with van der Waals surface area (Å²) in [5.74, 6) is -0.320. The van der Waals surface area contributed by atoms with Crippen LogP contribution in [0.25, 0.3) is 11.3 Å². The molecular weight excluding hydrogens is 521 g/mol. The lowest BCUT2D eigenvalue weighted by Gasteiger charge is -2.28. The average Bonchev–Trinajstić information content (AvgIpc) is 2.95. The summed E-state index contributed by atoms with van der Waals surface area (Å²) in [6.07, 6.45) is 1.73. The second-order valence-electron chi connectivity index (χ2n) is 9.40. The maximum Gasteiger partial charge on any atom is 0.416 e. The van der Waals surface area contributed by atoms with Crippen molar-refractivity contribution < 1.29 is 18.0 Å². The molecule has 5 rings (SSSR count). The van der Waals surface area contributed by atoms with Crippen molar-refractivity contribution in [1.29, 1.82) is 0 Å². The van der Waals surface area contributed by atoms with Crippen LogP contribution in [0.4, 0.5) is 30.5 Å². The Kier molecular flexibility index (Phi) is 7.99. The summed E-state index contributed by atoms with van der Waals surface area (Å²) >= 11 is 0. The van der Waals surface area contributed by atoms with E-state index in [1.165, 1.54) is 18.5 Å². The topological polar surface area (TPSA) is 108 Å². The molecule has 0 radical (unpaired) electrons. The first kappa shape index (κ1) is 27.2. The van der Waals surface area contributed by atoms with E-state index in [-0.39, 0.29) is 17.7 Å². The van der Waals surface area contributed by atoms with Crippen molar-refractivity contribution in [2.24, 2.45) is 0 Å². The smallest absolute Gasteiger partial charge is 0.324 e. The van der Waals surface area contributed by atoms with Gasteiger partial charge in [0.1, 0.15) is 6.33 Å². The standard InChI is InChI=1S/C28H27F3N8O/c1-18-2-5-22(13-25(18)38-27-35-7-6-24(37-27)21-14-33-17-34-15-21)36-26(40)19-3-4-20(23(12-19)28(29,30)31)16-39-10-8-32-9-11-39/h2-7,12-15,17,32H,8-11,16H2,1H3,(H,36,40)(H,35,37,38). The maximum absolute atomic E-state index is 13.9. The molecule has 206 valence electrons. The molecule has 0 bridgehead atoms. The minimum atomic E-state index is -4.58. The summed E-state index contributed by atoms with van der Waals surface area (Å²) in [6, 6.07) is 10.6. The molecule has 1 amide bonds. The first-order valence-corrected chi connectivity index (χ1v) is 12.7. The zero-order valence-electron chi connectivity index (χ0n) is 21.7. The summed E-state index contributed by atoms with van der Waals surface area (Å²) < 4.78 is 41.8. The quantitative estimate of drug-likeness (QED) is 0.306. The fourth-order valence-electron chi connectivity index (χ4n) is 4.40. The fraction of sp³-hybridized carbons (Fsp3) is 0.250. The number of amides is 1. The Labute approximate surface area is 228 Å². The van der Waals surface area contributed by atoms with Gasteiger partial charge in [-0.15, -0.1) is 0 Å². The van der Waals surface area contributed by atoms with Crippen LogP contribution >= 0.6 is 0 Å². The van der Waals surface area contributed by atoms with Crippen molar-refractivity contribution in [3.63, 3.8) is 0 Å². The molecule has 40 heavy (non-hydrogen) atoms. The number of nitrogens with one attached hydrogen (secondary N) is 3.